The van der Waals surface area contributed by atoms with Gasteiger partial charge in [-0.05, 0) is 48.9 Å². The Morgan fingerprint density at radius 3 is 2.62 bits per heavy atom. The minimum atomic E-state index is 0.682. The number of rotatable bonds is 7. The lowest BCUT2D eigenvalue weighted by molar-refractivity contribution is 0.354. The Kier molecular flexibility index (Phi) is 6.15. The van der Waals surface area contributed by atoms with Gasteiger partial charge in [-0.1, -0.05) is 13.0 Å². The first kappa shape index (κ1) is 18.3. The summed E-state index contributed by atoms with van der Waals surface area (Å²) in [6.45, 7) is 5.22. The smallest absolute Gasteiger partial charge is 0.224 e. The third kappa shape index (κ3) is 4.56. The highest BCUT2D eigenvalue weighted by atomic mass is 16.5. The number of piperidine rings is 1. The molecule has 2 aromatic rings. The first-order valence-electron chi connectivity index (χ1n) is 9.22. The summed E-state index contributed by atoms with van der Waals surface area (Å²) in [7, 11) is 3.30. The second-order valence-electron chi connectivity index (χ2n) is 6.77. The maximum absolute atomic E-state index is 5.36. The van der Waals surface area contributed by atoms with Gasteiger partial charge in [0.2, 0.25) is 5.95 Å². The summed E-state index contributed by atoms with van der Waals surface area (Å²) in [5.74, 6) is 4.01. The lowest BCUT2D eigenvalue weighted by Gasteiger charge is -2.31. The van der Waals surface area contributed by atoms with Crippen molar-refractivity contribution in [1.82, 2.24) is 9.97 Å². The molecule has 0 bridgehead atoms. The molecule has 1 aliphatic rings. The van der Waals surface area contributed by atoms with E-state index in [0.29, 0.717) is 5.95 Å². The minimum absolute atomic E-state index is 0.682. The van der Waals surface area contributed by atoms with E-state index in [-0.39, 0.29) is 0 Å². The van der Waals surface area contributed by atoms with Gasteiger partial charge in [0, 0.05) is 25.8 Å². The van der Waals surface area contributed by atoms with Crippen LogP contribution in [0.25, 0.3) is 0 Å². The molecular formula is C20H28N4O2. The predicted octanol–water partition coefficient (Wildman–Crippen LogP) is 3.38. The van der Waals surface area contributed by atoms with Gasteiger partial charge in [-0.25, -0.2) is 4.98 Å². The predicted molar refractivity (Wildman–Crippen MR) is 104 cm³/mol. The van der Waals surface area contributed by atoms with E-state index >= 15 is 0 Å². The van der Waals surface area contributed by atoms with Crippen LogP contribution in [0.2, 0.25) is 0 Å². The molecule has 26 heavy (non-hydrogen) atoms. The summed E-state index contributed by atoms with van der Waals surface area (Å²) >= 11 is 0. The first-order chi connectivity index (χ1) is 12.7. The molecule has 1 aromatic carbocycles. The lowest BCUT2D eigenvalue weighted by Crippen LogP contribution is -2.33. The zero-order chi connectivity index (χ0) is 18.4. The highest BCUT2D eigenvalue weighted by Crippen LogP contribution is 2.27. The molecule has 1 saturated heterocycles. The van der Waals surface area contributed by atoms with Gasteiger partial charge in [-0.2, -0.15) is 4.98 Å². The average molecular weight is 356 g/mol. The SMILES string of the molecule is COc1ccc(CCNc2nccc(N3CCC(C)CC3)n2)cc1OC. The quantitative estimate of drug-likeness (QED) is 0.821. The van der Waals surface area contributed by atoms with Gasteiger partial charge in [-0.15, -0.1) is 0 Å². The molecule has 0 radical (unpaired) electrons. The molecule has 2 heterocycles. The Labute approximate surface area is 155 Å². The summed E-state index contributed by atoms with van der Waals surface area (Å²) in [4.78, 5) is 11.4. The highest BCUT2D eigenvalue weighted by molar-refractivity contribution is 5.44. The Hall–Kier alpha value is -2.50. The number of hydrogen-bond donors (Lipinski definition) is 1. The largest absolute Gasteiger partial charge is 0.493 e. The number of nitrogens with one attached hydrogen (secondary N) is 1. The highest BCUT2D eigenvalue weighted by Gasteiger charge is 2.17. The maximum Gasteiger partial charge on any atom is 0.224 e. The lowest BCUT2D eigenvalue weighted by atomic mass is 9.99. The van der Waals surface area contributed by atoms with Gasteiger partial charge in [-0.3, -0.25) is 0 Å². The molecule has 140 valence electrons. The molecule has 0 saturated carbocycles. The standard InChI is InChI=1S/C20H28N4O2/c1-15-8-12-24(13-9-15)19-7-11-22-20(23-19)21-10-6-16-4-5-17(25-2)18(14-16)26-3/h4-5,7,11,14-15H,6,8-10,12-13H2,1-3H3,(H,21,22,23). The topological polar surface area (TPSA) is 59.5 Å². The summed E-state index contributed by atoms with van der Waals surface area (Å²) < 4.78 is 10.6. The number of nitrogens with zero attached hydrogens (tertiary/aromatic N) is 3. The van der Waals surface area contributed by atoms with Crippen molar-refractivity contribution in [3.63, 3.8) is 0 Å². The van der Waals surface area contributed by atoms with Gasteiger partial charge in [0.15, 0.2) is 11.5 Å². The summed E-state index contributed by atoms with van der Waals surface area (Å²) in [5, 5.41) is 3.33. The van der Waals surface area contributed by atoms with Gasteiger partial charge in [0.25, 0.3) is 0 Å². The van der Waals surface area contributed by atoms with Crippen molar-refractivity contribution in [3.8, 4) is 11.5 Å². The van der Waals surface area contributed by atoms with Crippen molar-refractivity contribution >= 4 is 11.8 Å². The van der Waals surface area contributed by atoms with E-state index in [1.165, 1.54) is 18.4 Å². The number of ether oxygens (including phenoxy) is 2. The molecule has 0 atom stereocenters. The minimum Gasteiger partial charge on any atom is -0.493 e. The molecule has 0 spiro atoms. The van der Waals surface area contributed by atoms with E-state index in [1.807, 2.05) is 24.4 Å². The molecule has 1 fully saturated rings. The van der Waals surface area contributed by atoms with Crippen molar-refractivity contribution in [2.45, 2.75) is 26.2 Å². The molecule has 3 rings (SSSR count). The van der Waals surface area contributed by atoms with Gasteiger partial charge >= 0.3 is 0 Å². The Bertz CT molecular complexity index is 715. The van der Waals surface area contributed by atoms with Crippen molar-refractivity contribution in [3.05, 3.63) is 36.0 Å². The van der Waals surface area contributed by atoms with Crippen LogP contribution < -0.4 is 19.7 Å². The number of aromatic nitrogens is 2. The van der Waals surface area contributed by atoms with Gasteiger partial charge < -0.3 is 19.7 Å². The van der Waals surface area contributed by atoms with Crippen LogP contribution in [0.4, 0.5) is 11.8 Å². The van der Waals surface area contributed by atoms with E-state index in [2.05, 4.69) is 33.2 Å². The fourth-order valence-electron chi connectivity index (χ4n) is 3.20. The molecule has 6 nitrogen and oxygen atoms in total. The van der Waals surface area contributed by atoms with Crippen molar-refractivity contribution < 1.29 is 9.47 Å². The summed E-state index contributed by atoms with van der Waals surface area (Å²) in [6.07, 6.45) is 5.15. The Morgan fingerprint density at radius 2 is 1.88 bits per heavy atom. The van der Waals surface area contributed by atoms with E-state index in [1.54, 1.807) is 14.2 Å². The molecular weight excluding hydrogens is 328 g/mol. The molecule has 1 N–H and O–H groups in total. The fraction of sp³-hybridized carbons (Fsp3) is 0.500. The summed E-state index contributed by atoms with van der Waals surface area (Å²) in [6, 6.07) is 7.99. The fourth-order valence-corrected chi connectivity index (χ4v) is 3.20. The van der Waals surface area contributed by atoms with Crippen LogP contribution in [-0.2, 0) is 6.42 Å². The monoisotopic (exact) mass is 356 g/mol. The van der Waals surface area contributed by atoms with Crippen LogP contribution in [0.3, 0.4) is 0 Å². The maximum atomic E-state index is 5.36. The van der Waals surface area contributed by atoms with Gasteiger partial charge in [0.05, 0.1) is 14.2 Å². The van der Waals surface area contributed by atoms with Crippen molar-refractivity contribution in [2.75, 3.05) is 44.1 Å². The Morgan fingerprint density at radius 1 is 1.12 bits per heavy atom. The molecule has 0 unspecified atom stereocenters. The van der Waals surface area contributed by atoms with Crippen LogP contribution in [-0.4, -0.2) is 43.8 Å². The number of hydrogen-bond acceptors (Lipinski definition) is 6. The third-order valence-corrected chi connectivity index (χ3v) is 4.89. The molecule has 1 aromatic heterocycles. The Balaban J connectivity index is 1.56. The van der Waals surface area contributed by atoms with Crippen molar-refractivity contribution in [1.29, 1.82) is 0 Å². The van der Waals surface area contributed by atoms with Crippen LogP contribution >= 0.6 is 0 Å². The summed E-state index contributed by atoms with van der Waals surface area (Å²) in [5.41, 5.74) is 1.18. The van der Waals surface area contributed by atoms with E-state index < -0.39 is 0 Å². The van der Waals surface area contributed by atoms with Crippen LogP contribution in [0.5, 0.6) is 11.5 Å². The zero-order valence-electron chi connectivity index (χ0n) is 15.9. The zero-order valence-corrected chi connectivity index (χ0v) is 15.9. The third-order valence-electron chi connectivity index (χ3n) is 4.89. The normalized spacial score (nSPS) is 15.0. The van der Waals surface area contributed by atoms with E-state index in [4.69, 9.17) is 9.47 Å². The average Bonchev–Trinajstić information content (AvgIpc) is 2.68. The molecule has 6 heteroatoms. The number of methoxy groups -OCH3 is 2. The van der Waals surface area contributed by atoms with E-state index in [0.717, 1.165) is 49.3 Å². The van der Waals surface area contributed by atoms with Crippen molar-refractivity contribution in [2.24, 2.45) is 5.92 Å². The van der Waals surface area contributed by atoms with Crippen LogP contribution in [0, 0.1) is 5.92 Å². The van der Waals surface area contributed by atoms with Crippen LogP contribution in [0.1, 0.15) is 25.3 Å². The second-order valence-corrected chi connectivity index (χ2v) is 6.77. The molecule has 0 amide bonds. The first-order valence-corrected chi connectivity index (χ1v) is 9.22. The van der Waals surface area contributed by atoms with E-state index in [9.17, 15) is 0 Å². The number of benzene rings is 1. The molecule has 1 aliphatic heterocycles. The van der Waals surface area contributed by atoms with Gasteiger partial charge in [0.1, 0.15) is 5.82 Å². The molecule has 0 aliphatic carbocycles. The van der Waals surface area contributed by atoms with Crippen LogP contribution in [0.15, 0.2) is 30.5 Å². The second kappa shape index (κ2) is 8.74. The number of anilines is 2.